The fourth-order valence-corrected chi connectivity index (χ4v) is 4.00. The number of nitrogens with zero attached hydrogens (tertiary/aromatic N) is 1. The molecule has 0 unspecified atom stereocenters. The maximum absolute atomic E-state index is 12.2. The number of aromatic nitrogens is 1. The van der Waals surface area contributed by atoms with Crippen LogP contribution < -0.4 is 5.32 Å². The van der Waals surface area contributed by atoms with E-state index in [0.29, 0.717) is 17.3 Å². The molecule has 20 heavy (non-hydrogen) atoms. The van der Waals surface area contributed by atoms with Crippen molar-refractivity contribution < 1.29 is 9.90 Å². The van der Waals surface area contributed by atoms with Gasteiger partial charge in [0, 0.05) is 17.5 Å². The van der Waals surface area contributed by atoms with Crippen molar-refractivity contribution in [2.45, 2.75) is 25.9 Å². The van der Waals surface area contributed by atoms with Gasteiger partial charge in [-0.3, -0.25) is 4.79 Å². The number of rotatable bonds is 4. The van der Waals surface area contributed by atoms with Gasteiger partial charge in [0.15, 0.2) is 0 Å². The van der Waals surface area contributed by atoms with Gasteiger partial charge in [-0.1, -0.05) is 0 Å². The Hall–Kier alpha value is -1.24. The van der Waals surface area contributed by atoms with Crippen LogP contribution in [0.3, 0.4) is 0 Å². The molecule has 0 atom stereocenters. The van der Waals surface area contributed by atoms with Crippen molar-refractivity contribution in [3.63, 3.8) is 0 Å². The van der Waals surface area contributed by atoms with Gasteiger partial charge in [-0.2, -0.15) is 11.3 Å². The number of aliphatic hydroxyl groups is 1. The second-order valence-corrected chi connectivity index (χ2v) is 6.93. The quantitative estimate of drug-likeness (QED) is 0.913. The molecule has 0 radical (unpaired) electrons. The Morgan fingerprint density at radius 1 is 1.55 bits per heavy atom. The predicted octanol–water partition coefficient (Wildman–Crippen LogP) is 2.68. The van der Waals surface area contributed by atoms with E-state index in [0.717, 1.165) is 29.1 Å². The zero-order valence-corrected chi connectivity index (χ0v) is 12.8. The molecular weight excluding hydrogens is 292 g/mol. The maximum Gasteiger partial charge on any atom is 0.263 e. The highest BCUT2D eigenvalue weighted by Gasteiger charge is 2.27. The van der Waals surface area contributed by atoms with E-state index in [9.17, 15) is 9.90 Å². The standard InChI is InChI=1S/C14H16N2O2S2/c1-8-12(13(18)15-6-9-4-11(17)5-9)20-14(16-8)10-2-3-19-7-10/h2-3,7,9,11,17H,4-6H2,1H3,(H,15,18). The minimum Gasteiger partial charge on any atom is -0.393 e. The first kappa shape index (κ1) is 13.7. The van der Waals surface area contributed by atoms with Crippen LogP contribution >= 0.6 is 22.7 Å². The Bertz CT molecular complexity index is 601. The van der Waals surface area contributed by atoms with Crippen LogP contribution in [0.2, 0.25) is 0 Å². The second kappa shape index (κ2) is 5.63. The van der Waals surface area contributed by atoms with Crippen LogP contribution in [0, 0.1) is 12.8 Å². The van der Waals surface area contributed by atoms with Gasteiger partial charge in [0.2, 0.25) is 0 Å². The van der Waals surface area contributed by atoms with Crippen LogP contribution in [-0.4, -0.2) is 28.6 Å². The predicted molar refractivity (Wildman–Crippen MR) is 81.2 cm³/mol. The lowest BCUT2D eigenvalue weighted by molar-refractivity contribution is 0.0420. The number of hydrogen-bond acceptors (Lipinski definition) is 5. The summed E-state index contributed by atoms with van der Waals surface area (Å²) in [5.74, 6) is 0.362. The van der Waals surface area contributed by atoms with Crippen LogP contribution in [-0.2, 0) is 0 Å². The number of thiazole rings is 1. The summed E-state index contributed by atoms with van der Waals surface area (Å²) in [5.41, 5.74) is 1.85. The zero-order chi connectivity index (χ0) is 14.1. The summed E-state index contributed by atoms with van der Waals surface area (Å²) in [6.07, 6.45) is 1.41. The third kappa shape index (κ3) is 2.77. The van der Waals surface area contributed by atoms with Crippen molar-refractivity contribution >= 4 is 28.6 Å². The number of nitrogens with one attached hydrogen (secondary N) is 1. The van der Waals surface area contributed by atoms with Crippen molar-refractivity contribution in [3.05, 3.63) is 27.4 Å². The van der Waals surface area contributed by atoms with E-state index in [2.05, 4.69) is 10.3 Å². The minimum atomic E-state index is -0.174. The van der Waals surface area contributed by atoms with Crippen LogP contribution in [0.25, 0.3) is 10.6 Å². The van der Waals surface area contributed by atoms with Gasteiger partial charge < -0.3 is 10.4 Å². The van der Waals surface area contributed by atoms with Crippen LogP contribution in [0.15, 0.2) is 16.8 Å². The lowest BCUT2D eigenvalue weighted by Gasteiger charge is -2.31. The summed E-state index contributed by atoms with van der Waals surface area (Å²) in [6.45, 7) is 2.51. The summed E-state index contributed by atoms with van der Waals surface area (Å²) < 4.78 is 0. The Morgan fingerprint density at radius 3 is 3.00 bits per heavy atom. The Labute approximate surface area is 125 Å². The number of thiophene rings is 1. The highest BCUT2D eigenvalue weighted by molar-refractivity contribution is 7.17. The average molecular weight is 308 g/mol. The Balaban J connectivity index is 1.65. The molecule has 0 spiro atoms. The lowest BCUT2D eigenvalue weighted by atomic mass is 9.82. The molecule has 2 aromatic rings. The first-order valence-corrected chi connectivity index (χ1v) is 8.35. The molecule has 0 aliphatic heterocycles. The summed E-state index contributed by atoms with van der Waals surface area (Å²) in [5, 5.41) is 17.1. The smallest absolute Gasteiger partial charge is 0.263 e. The van der Waals surface area contributed by atoms with Crippen LogP contribution in [0.4, 0.5) is 0 Å². The van der Waals surface area contributed by atoms with Gasteiger partial charge >= 0.3 is 0 Å². The number of hydrogen-bond donors (Lipinski definition) is 2. The summed E-state index contributed by atoms with van der Waals surface area (Å²) in [6, 6.07) is 2.01. The molecule has 1 amide bonds. The number of amides is 1. The molecule has 0 saturated heterocycles. The number of aliphatic hydroxyl groups excluding tert-OH is 1. The second-order valence-electron chi connectivity index (χ2n) is 5.15. The first-order valence-electron chi connectivity index (χ1n) is 6.59. The molecule has 1 aliphatic rings. The molecule has 1 saturated carbocycles. The van der Waals surface area contributed by atoms with Gasteiger partial charge in [-0.15, -0.1) is 11.3 Å². The topological polar surface area (TPSA) is 62.2 Å². The van der Waals surface area contributed by atoms with E-state index in [4.69, 9.17) is 0 Å². The van der Waals surface area contributed by atoms with Crippen LogP contribution in [0.1, 0.15) is 28.2 Å². The molecule has 2 aromatic heterocycles. The third-order valence-corrected chi connectivity index (χ3v) is 5.42. The number of aryl methyl sites for hydroxylation is 1. The highest BCUT2D eigenvalue weighted by atomic mass is 32.1. The third-order valence-electron chi connectivity index (χ3n) is 3.53. The minimum absolute atomic E-state index is 0.0529. The highest BCUT2D eigenvalue weighted by Crippen LogP contribution is 2.30. The molecule has 2 heterocycles. The molecule has 6 heteroatoms. The zero-order valence-electron chi connectivity index (χ0n) is 11.1. The van der Waals surface area contributed by atoms with Gasteiger partial charge in [0.05, 0.1) is 11.8 Å². The van der Waals surface area contributed by atoms with Crippen LogP contribution in [0.5, 0.6) is 0 Å². The maximum atomic E-state index is 12.2. The largest absolute Gasteiger partial charge is 0.393 e. The van der Waals surface area contributed by atoms with Crippen molar-refractivity contribution in [2.24, 2.45) is 5.92 Å². The van der Waals surface area contributed by atoms with Gasteiger partial charge in [-0.05, 0) is 37.1 Å². The Morgan fingerprint density at radius 2 is 2.35 bits per heavy atom. The number of carbonyl (C=O) groups is 1. The average Bonchev–Trinajstić information content (AvgIpc) is 3.01. The fourth-order valence-electron chi connectivity index (χ4n) is 2.30. The Kier molecular flexibility index (Phi) is 3.87. The molecule has 1 fully saturated rings. The fraction of sp³-hybridized carbons (Fsp3) is 0.429. The molecule has 4 nitrogen and oxygen atoms in total. The molecule has 0 aromatic carbocycles. The van der Waals surface area contributed by atoms with E-state index >= 15 is 0 Å². The lowest BCUT2D eigenvalue weighted by Crippen LogP contribution is -2.38. The normalized spacial score (nSPS) is 21.5. The SMILES string of the molecule is Cc1nc(-c2ccsc2)sc1C(=O)NCC1CC(O)C1. The van der Waals surface area contributed by atoms with E-state index in [-0.39, 0.29) is 12.0 Å². The molecular formula is C14H16N2O2S2. The molecule has 0 bridgehead atoms. The molecule has 3 rings (SSSR count). The van der Waals surface area contributed by atoms with E-state index in [1.807, 2.05) is 23.8 Å². The van der Waals surface area contributed by atoms with Crippen molar-refractivity contribution in [3.8, 4) is 10.6 Å². The van der Waals surface area contributed by atoms with Gasteiger partial charge in [0.25, 0.3) is 5.91 Å². The van der Waals surface area contributed by atoms with Crippen molar-refractivity contribution in [1.29, 1.82) is 0 Å². The van der Waals surface area contributed by atoms with Crippen molar-refractivity contribution in [2.75, 3.05) is 6.54 Å². The number of carbonyl (C=O) groups excluding carboxylic acids is 1. The monoisotopic (exact) mass is 308 g/mol. The molecule has 2 N–H and O–H groups in total. The summed E-state index contributed by atoms with van der Waals surface area (Å²) in [4.78, 5) is 17.3. The molecule has 106 valence electrons. The van der Waals surface area contributed by atoms with Gasteiger partial charge in [0.1, 0.15) is 9.88 Å². The van der Waals surface area contributed by atoms with E-state index < -0.39 is 0 Å². The molecule has 1 aliphatic carbocycles. The van der Waals surface area contributed by atoms with E-state index in [1.165, 1.54) is 11.3 Å². The summed E-state index contributed by atoms with van der Waals surface area (Å²) in [7, 11) is 0. The van der Waals surface area contributed by atoms with Gasteiger partial charge in [-0.25, -0.2) is 4.98 Å². The first-order chi connectivity index (χ1) is 9.63. The summed E-state index contributed by atoms with van der Waals surface area (Å²) >= 11 is 3.06. The van der Waals surface area contributed by atoms with Crippen molar-refractivity contribution in [1.82, 2.24) is 10.3 Å². The van der Waals surface area contributed by atoms with E-state index in [1.54, 1.807) is 11.3 Å².